The van der Waals surface area contributed by atoms with Gasteiger partial charge in [-0.2, -0.15) is 0 Å². The molecule has 1 saturated carbocycles. The smallest absolute Gasteiger partial charge is 0.264 e. The molecule has 342 valence electrons. The lowest BCUT2D eigenvalue weighted by Crippen LogP contribution is -2.60. The van der Waals surface area contributed by atoms with Crippen molar-refractivity contribution in [1.82, 2.24) is 0 Å². The van der Waals surface area contributed by atoms with Gasteiger partial charge in [0, 0.05) is 43.2 Å². The van der Waals surface area contributed by atoms with Crippen LogP contribution in [0.4, 0.5) is 34.1 Å². The maximum Gasteiger partial charge on any atom is 0.264 e. The summed E-state index contributed by atoms with van der Waals surface area (Å²) in [4.78, 5) is 5.45. The Morgan fingerprint density at radius 2 is 1.22 bits per heavy atom. The molecule has 6 aromatic carbocycles. The number of anilines is 6. The van der Waals surface area contributed by atoms with E-state index >= 15 is 0 Å². The Hall–Kier alpha value is -5.06. The molecule has 0 radical (unpaired) electrons. The van der Waals surface area contributed by atoms with Gasteiger partial charge in [-0.05, 0) is 164 Å². The first-order valence-corrected chi connectivity index (χ1v) is 26.5. The van der Waals surface area contributed by atoms with E-state index in [-0.39, 0.29) is 28.4 Å². The topological polar surface area (TPSA) is 6.48 Å². The van der Waals surface area contributed by atoms with E-state index in [0.717, 1.165) is 0 Å². The molecule has 0 N–H and O–H groups in total. The maximum absolute atomic E-state index is 2.74. The Kier molecular flexibility index (Phi) is 10.4. The molecule has 11 rings (SSSR count). The standard InChI is InChI=1S/C63H71BN2S/c1-39(2)42-23-29-53-51(33-42)64-57-54(34-43(40-19-15-13-16-20-40)35-55(57)66(53)52-30-26-45(61(6,7)8)36-47(52)41-21-17-14-18-22-41)65(46-27-24-44(25-28-46)60(3,4)5)58-48-37-49-50(38-56(48)67-59(58)64)63(11,12)32-31-62(49,9)10/h14,17-18,21-30,33-40H,13,15-16,19-20,31-32H2,1-12H3. The second kappa shape index (κ2) is 15.7. The van der Waals surface area contributed by atoms with Crippen molar-refractivity contribution < 1.29 is 0 Å². The quantitative estimate of drug-likeness (QED) is 0.159. The van der Waals surface area contributed by atoms with Crippen LogP contribution in [-0.4, -0.2) is 6.71 Å². The molecule has 67 heavy (non-hydrogen) atoms. The fraction of sp³-hybridized carbons (Fsp3) is 0.397. The van der Waals surface area contributed by atoms with E-state index in [2.05, 4.69) is 219 Å². The average Bonchev–Trinajstić information content (AvgIpc) is 3.68. The molecule has 0 atom stereocenters. The number of fused-ring (bicyclic) bond motifs is 7. The lowest BCUT2D eigenvalue weighted by atomic mass is 9.36. The first-order chi connectivity index (χ1) is 31.8. The SMILES string of the molecule is CC(C)c1ccc2c(c1)B1c3sc4cc5c(cc4c3N(c3ccc(C(C)(C)C)cc3)c3cc(C4CCCCC4)cc(c31)N2c1ccc(C(C)(C)C)cc1-c1ccccc1)C(C)(C)CCC5(C)C. The van der Waals surface area contributed by atoms with E-state index in [1.807, 2.05) is 0 Å². The molecule has 4 heteroatoms. The highest BCUT2D eigenvalue weighted by Crippen LogP contribution is 2.54. The first-order valence-electron chi connectivity index (χ1n) is 25.6. The number of nitrogens with zero attached hydrogens (tertiary/aromatic N) is 2. The van der Waals surface area contributed by atoms with Gasteiger partial charge in [0.2, 0.25) is 0 Å². The highest BCUT2D eigenvalue weighted by atomic mass is 32.1. The van der Waals surface area contributed by atoms with Crippen LogP contribution in [0.25, 0.3) is 21.2 Å². The van der Waals surface area contributed by atoms with E-state index in [0.29, 0.717) is 11.8 Å². The highest BCUT2D eigenvalue weighted by Gasteiger charge is 2.47. The zero-order chi connectivity index (χ0) is 46.9. The summed E-state index contributed by atoms with van der Waals surface area (Å²) in [7, 11) is 0. The maximum atomic E-state index is 2.74. The van der Waals surface area contributed by atoms with Crippen molar-refractivity contribution in [2.24, 2.45) is 0 Å². The molecule has 4 aliphatic rings. The van der Waals surface area contributed by atoms with Crippen LogP contribution < -0.4 is 25.5 Å². The lowest BCUT2D eigenvalue weighted by molar-refractivity contribution is 0.332. The highest BCUT2D eigenvalue weighted by molar-refractivity contribution is 7.33. The molecule has 3 heterocycles. The third-order valence-corrected chi connectivity index (χ3v) is 17.8. The van der Waals surface area contributed by atoms with Crippen LogP contribution in [0.1, 0.15) is 173 Å². The van der Waals surface area contributed by atoms with Gasteiger partial charge < -0.3 is 9.80 Å². The fourth-order valence-corrected chi connectivity index (χ4v) is 13.6. The zero-order valence-corrected chi connectivity index (χ0v) is 43.3. The van der Waals surface area contributed by atoms with Crippen molar-refractivity contribution in [3.8, 4) is 11.1 Å². The summed E-state index contributed by atoms with van der Waals surface area (Å²) in [5, 5.41) is 1.41. The number of benzene rings is 6. The lowest BCUT2D eigenvalue weighted by Gasteiger charge is -2.45. The minimum atomic E-state index is 0.00343. The number of hydrogen-bond donors (Lipinski definition) is 0. The van der Waals surface area contributed by atoms with Gasteiger partial charge >= 0.3 is 0 Å². The van der Waals surface area contributed by atoms with Crippen molar-refractivity contribution in [3.63, 3.8) is 0 Å². The van der Waals surface area contributed by atoms with Crippen molar-refractivity contribution in [3.05, 3.63) is 149 Å². The second-order valence-corrected chi connectivity index (χ2v) is 25.6. The molecule has 0 amide bonds. The van der Waals surface area contributed by atoms with Crippen LogP contribution in [0.15, 0.2) is 115 Å². The fourth-order valence-electron chi connectivity index (χ4n) is 12.3. The average molecular weight is 899 g/mol. The van der Waals surface area contributed by atoms with Gasteiger partial charge in [0.1, 0.15) is 0 Å². The summed E-state index contributed by atoms with van der Waals surface area (Å²) in [6.45, 7) is 28.8. The summed E-state index contributed by atoms with van der Waals surface area (Å²) >= 11 is 2.07. The molecular weight excluding hydrogens is 828 g/mol. The molecule has 0 saturated heterocycles. The minimum absolute atomic E-state index is 0.00343. The molecule has 2 aliphatic carbocycles. The Balaban J connectivity index is 1.28. The Bertz CT molecular complexity index is 3060. The first kappa shape index (κ1) is 44.5. The van der Waals surface area contributed by atoms with Crippen molar-refractivity contribution in [2.75, 3.05) is 9.80 Å². The van der Waals surface area contributed by atoms with Gasteiger partial charge in [-0.15, -0.1) is 11.3 Å². The summed E-state index contributed by atoms with van der Waals surface area (Å²) in [5.74, 6) is 0.927. The Labute approximate surface area is 406 Å². The molecule has 1 fully saturated rings. The van der Waals surface area contributed by atoms with Gasteiger partial charge in [0.15, 0.2) is 0 Å². The van der Waals surface area contributed by atoms with E-state index in [4.69, 9.17) is 0 Å². The van der Waals surface area contributed by atoms with Gasteiger partial charge in [-0.25, -0.2) is 0 Å². The molecule has 7 aromatic rings. The molecule has 1 aromatic heterocycles. The molecule has 2 nitrogen and oxygen atoms in total. The van der Waals surface area contributed by atoms with Crippen LogP contribution in [0.5, 0.6) is 0 Å². The van der Waals surface area contributed by atoms with Crippen LogP contribution in [-0.2, 0) is 21.7 Å². The largest absolute Gasteiger partial charge is 0.311 e. The van der Waals surface area contributed by atoms with Gasteiger partial charge in [0.25, 0.3) is 6.71 Å². The predicted molar refractivity (Wildman–Crippen MR) is 294 cm³/mol. The monoisotopic (exact) mass is 899 g/mol. The second-order valence-electron chi connectivity index (χ2n) is 24.5. The summed E-state index contributed by atoms with van der Waals surface area (Å²) in [5.41, 5.74) is 22.3. The Morgan fingerprint density at radius 3 is 1.87 bits per heavy atom. The van der Waals surface area contributed by atoms with Crippen molar-refractivity contribution in [1.29, 1.82) is 0 Å². The summed E-state index contributed by atoms with van der Waals surface area (Å²) < 4.78 is 2.89. The third-order valence-electron chi connectivity index (χ3n) is 16.6. The van der Waals surface area contributed by atoms with Gasteiger partial charge in [-0.1, -0.05) is 163 Å². The van der Waals surface area contributed by atoms with Crippen molar-refractivity contribution >= 4 is 78.0 Å². The summed E-state index contributed by atoms with van der Waals surface area (Å²) in [6.07, 6.45) is 8.83. The Morgan fingerprint density at radius 1 is 0.612 bits per heavy atom. The third kappa shape index (κ3) is 7.33. The molecule has 2 aliphatic heterocycles. The van der Waals surface area contributed by atoms with Crippen LogP contribution >= 0.6 is 11.3 Å². The molecule has 0 spiro atoms. The molecular formula is C63H71BN2S. The minimum Gasteiger partial charge on any atom is -0.311 e. The van der Waals surface area contributed by atoms with E-state index < -0.39 is 0 Å². The van der Waals surface area contributed by atoms with E-state index in [1.165, 1.54) is 149 Å². The van der Waals surface area contributed by atoms with Crippen LogP contribution in [0, 0.1) is 0 Å². The van der Waals surface area contributed by atoms with E-state index in [1.54, 1.807) is 0 Å². The van der Waals surface area contributed by atoms with E-state index in [9.17, 15) is 0 Å². The predicted octanol–water partition coefficient (Wildman–Crippen LogP) is 16.8. The van der Waals surface area contributed by atoms with Crippen LogP contribution in [0.2, 0.25) is 0 Å². The summed E-state index contributed by atoms with van der Waals surface area (Å²) in [6, 6.07) is 46.4. The number of rotatable bonds is 5. The van der Waals surface area contributed by atoms with Crippen LogP contribution in [0.3, 0.4) is 0 Å². The number of thiophene rings is 1. The molecule has 0 unspecified atom stereocenters. The van der Waals surface area contributed by atoms with Crippen molar-refractivity contribution in [2.45, 2.75) is 162 Å². The van der Waals surface area contributed by atoms with Gasteiger partial charge in [0.05, 0.1) is 11.4 Å². The zero-order valence-electron chi connectivity index (χ0n) is 42.5. The van der Waals surface area contributed by atoms with Gasteiger partial charge in [-0.3, -0.25) is 0 Å². The number of hydrogen-bond acceptors (Lipinski definition) is 3. The molecule has 0 bridgehead atoms. The normalized spacial score (nSPS) is 17.7.